The molecule has 0 aromatic carbocycles. The van der Waals surface area contributed by atoms with E-state index >= 15 is 4.39 Å². The van der Waals surface area contributed by atoms with Gasteiger partial charge in [-0.15, -0.1) is 0 Å². The molecule has 0 amide bonds. The molecule has 4 unspecified atom stereocenters. The van der Waals surface area contributed by atoms with Crippen LogP contribution < -0.4 is 27.5 Å². The van der Waals surface area contributed by atoms with Crippen LogP contribution in [0.15, 0.2) is 22.2 Å². The van der Waals surface area contributed by atoms with Crippen molar-refractivity contribution in [3.63, 3.8) is 0 Å². The highest BCUT2D eigenvalue weighted by molar-refractivity contribution is 8.06. The van der Waals surface area contributed by atoms with E-state index in [-0.39, 0.29) is 34.2 Å². The molecular formula is C20H22FN10O12P2S-. The van der Waals surface area contributed by atoms with Crippen LogP contribution in [0, 0.1) is 0 Å². The zero-order valence-electron chi connectivity index (χ0n) is 22.7. The highest BCUT2D eigenvalue weighted by Crippen LogP contribution is 2.53. The molecule has 3 fully saturated rings. The van der Waals surface area contributed by atoms with E-state index in [0.29, 0.717) is 0 Å². The Morgan fingerprint density at radius 2 is 1.48 bits per heavy atom. The number of anilines is 2. The van der Waals surface area contributed by atoms with Crippen LogP contribution in [0.2, 0.25) is 0 Å². The maximum atomic E-state index is 15.9. The second kappa shape index (κ2) is 11.2. The van der Waals surface area contributed by atoms with E-state index in [1.54, 1.807) is 0 Å². The number of rotatable bonds is 2. The van der Waals surface area contributed by atoms with Gasteiger partial charge in [-0.3, -0.25) is 37.7 Å². The summed E-state index contributed by atoms with van der Waals surface area (Å²) in [6.07, 6.45) is -11.5. The molecule has 46 heavy (non-hydrogen) atoms. The Labute approximate surface area is 258 Å². The van der Waals surface area contributed by atoms with Crippen molar-refractivity contribution in [1.82, 2.24) is 39.0 Å². The Bertz CT molecular complexity index is 2060. The zero-order valence-corrected chi connectivity index (χ0v) is 25.3. The number of nitrogens with one attached hydrogen (secondary N) is 2. The summed E-state index contributed by atoms with van der Waals surface area (Å²) in [5, 5.41) is 11.0. The molecule has 0 aliphatic carbocycles. The zero-order chi connectivity index (χ0) is 32.7. The number of hydrogen-bond acceptors (Lipinski definition) is 18. The molecule has 3 aliphatic heterocycles. The molecule has 2 bridgehead atoms. The summed E-state index contributed by atoms with van der Waals surface area (Å²) in [5.41, 5.74) is 9.20. The lowest BCUT2D eigenvalue weighted by atomic mass is 10.1. The number of halogens is 1. The first kappa shape index (κ1) is 31.4. The van der Waals surface area contributed by atoms with Gasteiger partial charge in [0, 0.05) is 0 Å². The SMILES string of the molecule is Nc1nc2c(ncn2[C@@H]2O[C@@H]3COP([O-])(=S)O[C@H]4C(O)[C@@H](COP(=O)(O)OC3[C@@H]2F)O[C@H]4n2cnc3c(=O)[nH]c(N)nc32)c(=O)[nH]1. The van der Waals surface area contributed by atoms with Crippen LogP contribution >= 0.6 is 14.5 Å². The number of aliphatic hydroxyl groups excluding tert-OH is 1. The molecule has 3 saturated heterocycles. The van der Waals surface area contributed by atoms with E-state index in [9.17, 15) is 29.0 Å². The third kappa shape index (κ3) is 5.44. The van der Waals surface area contributed by atoms with Crippen molar-refractivity contribution in [2.24, 2.45) is 0 Å². The average Bonchev–Trinajstić information content (AvgIpc) is 3.72. The summed E-state index contributed by atoms with van der Waals surface area (Å²) in [7, 11) is -5.16. The molecule has 0 spiro atoms. The van der Waals surface area contributed by atoms with Gasteiger partial charge in [0.1, 0.15) is 37.2 Å². The predicted octanol–water partition coefficient (Wildman–Crippen LogP) is -2.59. The number of hydrogen-bond donors (Lipinski definition) is 6. The van der Waals surface area contributed by atoms with Crippen molar-refractivity contribution >= 4 is 60.6 Å². The van der Waals surface area contributed by atoms with E-state index in [2.05, 4.69) is 29.9 Å². The smallest absolute Gasteiger partial charge is 0.472 e. The van der Waals surface area contributed by atoms with Crippen LogP contribution in [-0.4, -0.2) is 98.9 Å². The average molecular weight is 707 g/mol. The number of phosphoric acid groups is 1. The Kier molecular flexibility index (Phi) is 7.62. The molecular weight excluding hydrogens is 685 g/mol. The van der Waals surface area contributed by atoms with Gasteiger partial charge >= 0.3 is 7.82 Å². The number of aliphatic hydroxyl groups is 1. The van der Waals surface area contributed by atoms with E-state index in [4.69, 9.17) is 50.8 Å². The minimum absolute atomic E-state index is 0.112. The number of imidazole rings is 2. The Hall–Kier alpha value is -3.25. The van der Waals surface area contributed by atoms with Crippen molar-refractivity contribution in [2.75, 3.05) is 24.7 Å². The molecule has 7 rings (SSSR count). The molecule has 248 valence electrons. The van der Waals surface area contributed by atoms with Crippen LogP contribution in [0.5, 0.6) is 0 Å². The van der Waals surface area contributed by atoms with Crippen LogP contribution in [0.25, 0.3) is 22.3 Å². The molecule has 0 radical (unpaired) electrons. The summed E-state index contributed by atoms with van der Waals surface area (Å²) < 4.78 is 63.7. The fourth-order valence-electron chi connectivity index (χ4n) is 5.33. The Morgan fingerprint density at radius 3 is 2.09 bits per heavy atom. The summed E-state index contributed by atoms with van der Waals surface area (Å²) in [6.45, 7) is -6.28. The molecule has 0 saturated carbocycles. The van der Waals surface area contributed by atoms with E-state index < -0.39 is 88.0 Å². The fourth-order valence-corrected chi connectivity index (χ4v) is 7.68. The first-order valence-corrected chi connectivity index (χ1v) is 17.1. The molecule has 22 nitrogen and oxygen atoms in total. The number of nitrogens with zero attached hydrogens (tertiary/aromatic N) is 6. The van der Waals surface area contributed by atoms with Gasteiger partial charge in [-0.2, -0.15) is 9.97 Å². The molecule has 4 aromatic rings. The summed E-state index contributed by atoms with van der Waals surface area (Å²) in [5.74, 6) is -0.586. The lowest BCUT2D eigenvalue weighted by Gasteiger charge is -2.34. The minimum Gasteiger partial charge on any atom is -0.780 e. The number of aromatic amines is 2. The van der Waals surface area contributed by atoms with Crippen molar-refractivity contribution in [1.29, 1.82) is 0 Å². The van der Waals surface area contributed by atoms with Gasteiger partial charge in [-0.05, 0) is 0 Å². The molecule has 3 aliphatic rings. The second-order valence-corrected chi connectivity index (χ2v) is 14.4. The largest absolute Gasteiger partial charge is 0.780 e. The van der Waals surface area contributed by atoms with Crippen LogP contribution in [0.3, 0.4) is 0 Å². The van der Waals surface area contributed by atoms with Crippen LogP contribution in [0.1, 0.15) is 12.5 Å². The molecule has 8 N–H and O–H groups in total. The van der Waals surface area contributed by atoms with Gasteiger partial charge in [0.2, 0.25) is 11.9 Å². The first-order chi connectivity index (χ1) is 21.7. The minimum atomic E-state index is -5.16. The van der Waals surface area contributed by atoms with Crippen molar-refractivity contribution in [3.05, 3.63) is 33.4 Å². The highest BCUT2D eigenvalue weighted by Gasteiger charge is 2.53. The number of ether oxygens (including phenoxy) is 2. The Morgan fingerprint density at radius 1 is 0.935 bits per heavy atom. The fraction of sp³-hybridized carbons (Fsp3) is 0.500. The highest BCUT2D eigenvalue weighted by atomic mass is 32.5. The van der Waals surface area contributed by atoms with Crippen molar-refractivity contribution in [3.8, 4) is 0 Å². The van der Waals surface area contributed by atoms with Crippen molar-refractivity contribution < 1.29 is 51.4 Å². The monoisotopic (exact) mass is 707 g/mol. The third-order valence-corrected chi connectivity index (χ3v) is 9.86. The van der Waals surface area contributed by atoms with Gasteiger partial charge < -0.3 is 44.9 Å². The predicted molar refractivity (Wildman–Crippen MR) is 150 cm³/mol. The summed E-state index contributed by atoms with van der Waals surface area (Å²) >= 11 is 5.05. The molecule has 4 aromatic heterocycles. The maximum absolute atomic E-state index is 15.9. The number of phosphoric ester groups is 1. The van der Waals surface area contributed by atoms with Gasteiger partial charge in [-0.25, -0.2) is 18.9 Å². The van der Waals surface area contributed by atoms with E-state index in [1.807, 2.05) is 0 Å². The molecule has 7 heterocycles. The standard InChI is InChI=1S/C20H23FN10O12P2S/c21-7-11-6(41-17(7)30-3-24-8-13(30)26-19(22)28-15(8)33)2-39-45(37,46)43-12-10(32)5(1-38-44(35,36)42-11)40-18(12)31-4-25-9-14(31)27-20(23)29-16(9)34/h3-7,10-12,17-18,32H,1-2H2,(H,35,36)(H,37,46)(H3,22,26,28,33)(H3,23,27,29,34)/p-1/t5-,6-,7+,10?,11?,12+,17-,18-,45?/m1/s1. The normalized spacial score (nSPS) is 37.1. The Balaban J connectivity index is 1.21. The van der Waals surface area contributed by atoms with Gasteiger partial charge in [0.25, 0.3) is 11.1 Å². The second-order valence-electron chi connectivity index (χ2n) is 10.3. The number of fused-ring (bicyclic) bond motifs is 5. The molecule has 10 atom stereocenters. The molecule has 26 heteroatoms. The van der Waals surface area contributed by atoms with Crippen LogP contribution in [0.4, 0.5) is 16.3 Å². The topological polar surface area (TPSA) is 315 Å². The summed E-state index contributed by atoms with van der Waals surface area (Å²) in [4.78, 5) is 68.8. The van der Waals surface area contributed by atoms with Crippen molar-refractivity contribution in [2.45, 2.75) is 49.1 Å². The lowest BCUT2D eigenvalue weighted by Crippen LogP contribution is -2.36. The number of nitrogen functional groups attached to an aromatic ring is 2. The van der Waals surface area contributed by atoms with Gasteiger partial charge in [0.15, 0.2) is 41.0 Å². The van der Waals surface area contributed by atoms with Gasteiger partial charge in [0.05, 0.1) is 25.9 Å². The lowest BCUT2D eigenvalue weighted by molar-refractivity contribution is -0.218. The van der Waals surface area contributed by atoms with E-state index in [1.165, 1.54) is 0 Å². The first-order valence-electron chi connectivity index (χ1n) is 13.1. The van der Waals surface area contributed by atoms with Gasteiger partial charge in [-0.1, -0.05) is 11.8 Å². The number of H-pyrrole nitrogens is 2. The number of nitrogens with two attached hydrogens (primary N) is 2. The summed E-state index contributed by atoms with van der Waals surface area (Å²) in [6, 6.07) is 0. The number of aromatic nitrogens is 8. The maximum Gasteiger partial charge on any atom is 0.472 e. The third-order valence-electron chi connectivity index (χ3n) is 7.33. The quantitative estimate of drug-likeness (QED) is 0.116. The van der Waals surface area contributed by atoms with E-state index in [0.717, 1.165) is 21.8 Å². The van der Waals surface area contributed by atoms with Crippen LogP contribution in [-0.2, 0) is 43.9 Å². The number of alkyl halides is 1.